The van der Waals surface area contributed by atoms with Gasteiger partial charge in [0.15, 0.2) is 17.3 Å². The standard InChI is InChI=1S/C13H14N2O4/c1-6(16)15-9-3-2-7-11(12(9)17)8(14)4-10-13(7)19-5-18-10/h4,9H,2-3,5,14H2,1H3,(H,15,16). The van der Waals surface area contributed by atoms with E-state index in [1.165, 1.54) is 6.92 Å². The van der Waals surface area contributed by atoms with Gasteiger partial charge in [-0.05, 0) is 12.8 Å². The van der Waals surface area contributed by atoms with Crippen molar-refractivity contribution >= 4 is 17.4 Å². The van der Waals surface area contributed by atoms with Crippen LogP contribution in [0.15, 0.2) is 6.07 Å². The van der Waals surface area contributed by atoms with Crippen molar-refractivity contribution in [2.24, 2.45) is 0 Å². The molecule has 0 radical (unpaired) electrons. The first-order valence-electron chi connectivity index (χ1n) is 6.10. The number of carbonyl (C=O) groups is 2. The second kappa shape index (κ2) is 4.15. The van der Waals surface area contributed by atoms with E-state index in [-0.39, 0.29) is 18.5 Å². The quantitative estimate of drug-likeness (QED) is 0.724. The number of ether oxygens (including phenoxy) is 2. The number of hydrogen-bond acceptors (Lipinski definition) is 5. The highest BCUT2D eigenvalue weighted by atomic mass is 16.7. The van der Waals surface area contributed by atoms with Crippen LogP contribution in [0.5, 0.6) is 11.5 Å². The average Bonchev–Trinajstić information content (AvgIpc) is 2.79. The largest absolute Gasteiger partial charge is 0.454 e. The highest BCUT2D eigenvalue weighted by Crippen LogP contribution is 2.43. The van der Waals surface area contributed by atoms with Crippen LogP contribution in [0.1, 0.15) is 29.3 Å². The Bertz CT molecular complexity index is 582. The molecule has 1 aliphatic carbocycles. The van der Waals surface area contributed by atoms with Crippen LogP contribution in [-0.4, -0.2) is 24.5 Å². The van der Waals surface area contributed by atoms with E-state index in [1.807, 2.05) is 0 Å². The summed E-state index contributed by atoms with van der Waals surface area (Å²) in [5.41, 5.74) is 7.55. The van der Waals surface area contributed by atoms with E-state index in [2.05, 4.69) is 5.32 Å². The molecule has 1 heterocycles. The molecule has 0 saturated heterocycles. The lowest BCUT2D eigenvalue weighted by molar-refractivity contribution is -0.119. The van der Waals surface area contributed by atoms with E-state index in [1.54, 1.807) is 6.07 Å². The van der Waals surface area contributed by atoms with Gasteiger partial charge in [-0.15, -0.1) is 0 Å². The third-order valence-electron chi connectivity index (χ3n) is 3.42. The van der Waals surface area contributed by atoms with E-state index in [9.17, 15) is 9.59 Å². The van der Waals surface area contributed by atoms with Crippen molar-refractivity contribution in [3.05, 3.63) is 17.2 Å². The molecule has 0 bridgehead atoms. The first kappa shape index (κ1) is 11.8. The normalized spacial score (nSPS) is 20.1. The van der Waals surface area contributed by atoms with Gasteiger partial charge in [0.25, 0.3) is 0 Å². The zero-order chi connectivity index (χ0) is 13.6. The van der Waals surface area contributed by atoms with Crippen molar-refractivity contribution in [1.29, 1.82) is 0 Å². The van der Waals surface area contributed by atoms with Crippen molar-refractivity contribution in [2.75, 3.05) is 12.5 Å². The summed E-state index contributed by atoms with van der Waals surface area (Å²) in [7, 11) is 0. The Kier molecular flexibility index (Phi) is 2.58. The molecule has 3 rings (SSSR count). The molecule has 3 N–H and O–H groups in total. The van der Waals surface area contributed by atoms with Gasteiger partial charge in [-0.1, -0.05) is 0 Å². The summed E-state index contributed by atoms with van der Waals surface area (Å²) in [6.07, 6.45) is 1.17. The van der Waals surface area contributed by atoms with Crippen molar-refractivity contribution < 1.29 is 19.1 Å². The number of ketones is 1. The zero-order valence-electron chi connectivity index (χ0n) is 10.5. The fourth-order valence-corrected chi connectivity index (χ4v) is 2.64. The zero-order valence-corrected chi connectivity index (χ0v) is 10.5. The van der Waals surface area contributed by atoms with Crippen LogP contribution in [-0.2, 0) is 11.2 Å². The van der Waals surface area contributed by atoms with Crippen LogP contribution < -0.4 is 20.5 Å². The topological polar surface area (TPSA) is 90.7 Å². The summed E-state index contributed by atoms with van der Waals surface area (Å²) in [4.78, 5) is 23.5. The Balaban J connectivity index is 2.05. The minimum atomic E-state index is -0.507. The van der Waals surface area contributed by atoms with Gasteiger partial charge in [0.05, 0.1) is 6.04 Å². The molecule has 1 atom stereocenters. The summed E-state index contributed by atoms with van der Waals surface area (Å²) in [6, 6.07) is 1.10. The number of amides is 1. The third kappa shape index (κ3) is 1.80. The van der Waals surface area contributed by atoms with Crippen LogP contribution in [0.2, 0.25) is 0 Å². The molecule has 0 aromatic heterocycles. The third-order valence-corrected chi connectivity index (χ3v) is 3.42. The number of nitrogen functional groups attached to an aromatic ring is 1. The SMILES string of the molecule is CC(=O)NC1CCc2c3c(cc(N)c2C1=O)OCO3. The molecule has 0 saturated carbocycles. The fraction of sp³-hybridized carbons (Fsp3) is 0.385. The smallest absolute Gasteiger partial charge is 0.231 e. The molecule has 2 aliphatic rings. The summed E-state index contributed by atoms with van der Waals surface area (Å²) < 4.78 is 10.7. The summed E-state index contributed by atoms with van der Waals surface area (Å²) in [6.45, 7) is 1.54. The average molecular weight is 262 g/mol. The Hall–Kier alpha value is -2.24. The van der Waals surface area contributed by atoms with Crippen molar-refractivity contribution in [3.63, 3.8) is 0 Å². The molecule has 1 aliphatic heterocycles. The van der Waals surface area contributed by atoms with Crippen molar-refractivity contribution in [2.45, 2.75) is 25.8 Å². The molecule has 1 aromatic carbocycles. The molecule has 1 aromatic rings. The molecular formula is C13H14N2O4. The number of nitrogens with two attached hydrogens (primary N) is 1. The van der Waals surface area contributed by atoms with Gasteiger partial charge in [0, 0.05) is 29.8 Å². The lowest BCUT2D eigenvalue weighted by atomic mass is 9.85. The van der Waals surface area contributed by atoms with E-state index in [4.69, 9.17) is 15.2 Å². The highest BCUT2D eigenvalue weighted by molar-refractivity contribution is 6.08. The second-order valence-corrected chi connectivity index (χ2v) is 4.71. The molecule has 19 heavy (non-hydrogen) atoms. The molecule has 6 heteroatoms. The minimum absolute atomic E-state index is 0.147. The second-order valence-electron chi connectivity index (χ2n) is 4.71. The van der Waals surface area contributed by atoms with Crippen LogP contribution in [0, 0.1) is 0 Å². The number of benzene rings is 1. The number of hydrogen-bond donors (Lipinski definition) is 2. The molecule has 1 amide bonds. The van der Waals surface area contributed by atoms with Crippen molar-refractivity contribution in [3.8, 4) is 11.5 Å². The van der Waals surface area contributed by atoms with Crippen molar-refractivity contribution in [1.82, 2.24) is 5.32 Å². The molecule has 0 spiro atoms. The van der Waals surface area contributed by atoms with Gasteiger partial charge in [-0.2, -0.15) is 0 Å². The number of carbonyl (C=O) groups excluding carboxylic acids is 2. The van der Waals surface area contributed by atoms with Gasteiger partial charge >= 0.3 is 0 Å². The van der Waals surface area contributed by atoms with Crippen LogP contribution >= 0.6 is 0 Å². The van der Waals surface area contributed by atoms with E-state index >= 15 is 0 Å². The maximum atomic E-state index is 12.4. The predicted molar refractivity (Wildman–Crippen MR) is 67.2 cm³/mol. The molecule has 0 fully saturated rings. The summed E-state index contributed by atoms with van der Waals surface area (Å²) in [5, 5.41) is 2.65. The highest BCUT2D eigenvalue weighted by Gasteiger charge is 2.34. The number of anilines is 1. The summed E-state index contributed by atoms with van der Waals surface area (Å²) in [5.74, 6) is 0.814. The van der Waals surface area contributed by atoms with E-state index in [0.29, 0.717) is 35.6 Å². The van der Waals surface area contributed by atoms with Gasteiger partial charge < -0.3 is 20.5 Å². The molecular weight excluding hydrogens is 248 g/mol. The maximum Gasteiger partial charge on any atom is 0.231 e. The van der Waals surface area contributed by atoms with Gasteiger partial charge in [0.1, 0.15) is 0 Å². The van der Waals surface area contributed by atoms with Gasteiger partial charge in [0.2, 0.25) is 12.7 Å². The van der Waals surface area contributed by atoms with Gasteiger partial charge in [-0.3, -0.25) is 9.59 Å². The number of fused-ring (bicyclic) bond motifs is 3. The Morgan fingerprint density at radius 3 is 3.00 bits per heavy atom. The van der Waals surface area contributed by atoms with Crippen LogP contribution in [0.4, 0.5) is 5.69 Å². The lowest BCUT2D eigenvalue weighted by Gasteiger charge is -2.25. The Morgan fingerprint density at radius 2 is 2.26 bits per heavy atom. The number of nitrogens with one attached hydrogen (secondary N) is 1. The maximum absolute atomic E-state index is 12.4. The van der Waals surface area contributed by atoms with E-state index in [0.717, 1.165) is 5.56 Å². The number of Topliss-reactive ketones (excluding diaryl/α,β-unsaturated/α-hetero) is 1. The Morgan fingerprint density at radius 1 is 1.47 bits per heavy atom. The lowest BCUT2D eigenvalue weighted by Crippen LogP contribution is -2.42. The van der Waals surface area contributed by atoms with Gasteiger partial charge in [-0.25, -0.2) is 0 Å². The summed E-state index contributed by atoms with van der Waals surface area (Å²) >= 11 is 0. The monoisotopic (exact) mass is 262 g/mol. The van der Waals surface area contributed by atoms with E-state index < -0.39 is 6.04 Å². The number of rotatable bonds is 1. The molecule has 1 unspecified atom stereocenters. The molecule has 6 nitrogen and oxygen atoms in total. The first-order valence-corrected chi connectivity index (χ1v) is 6.10. The van der Waals surface area contributed by atoms with Crippen LogP contribution in [0.25, 0.3) is 0 Å². The Labute approximate surface area is 109 Å². The first-order chi connectivity index (χ1) is 9.08. The van der Waals surface area contributed by atoms with Crippen LogP contribution in [0.3, 0.4) is 0 Å². The minimum Gasteiger partial charge on any atom is -0.454 e. The molecule has 100 valence electrons. The predicted octanol–water partition coefficient (Wildman–Crippen LogP) is 0.631. The fourth-order valence-electron chi connectivity index (χ4n) is 2.64.